The molecule has 3 aliphatic rings. The predicted molar refractivity (Wildman–Crippen MR) is 197 cm³/mol. The molecule has 236 valence electrons. The molecule has 1 aliphatic carbocycles. The van der Waals surface area contributed by atoms with E-state index in [0.29, 0.717) is 25.5 Å². The second-order valence-corrected chi connectivity index (χ2v) is 16.4. The summed E-state index contributed by atoms with van der Waals surface area (Å²) in [6.07, 6.45) is 5.20. The molecule has 8 rings (SSSR count). The zero-order valence-electron chi connectivity index (χ0n) is 25.0. The van der Waals surface area contributed by atoms with E-state index in [1.807, 2.05) is 23.5 Å². The molecule has 0 radical (unpaired) electrons. The second-order valence-electron chi connectivity index (χ2n) is 11.7. The molecule has 1 amide bonds. The predicted octanol–water partition coefficient (Wildman–Crippen LogP) is 6.67. The Morgan fingerprint density at radius 3 is 2.53 bits per heavy atom. The Labute approximate surface area is 291 Å². The van der Waals surface area contributed by atoms with Crippen molar-refractivity contribution < 1.29 is 14.7 Å². The quantitative estimate of drug-likeness (QED) is 0.197. The fourth-order valence-electron chi connectivity index (χ4n) is 6.82. The largest absolute Gasteiger partial charge is 0.480 e. The summed E-state index contributed by atoms with van der Waals surface area (Å²) in [5.74, 6) is -1.09. The van der Waals surface area contributed by atoms with E-state index in [1.165, 1.54) is 46.6 Å². The molecule has 47 heavy (non-hydrogen) atoms. The molecule has 7 nitrogen and oxygen atoms in total. The molecule has 2 unspecified atom stereocenters. The number of amides is 1. The summed E-state index contributed by atoms with van der Waals surface area (Å²) in [6.45, 7) is -0.531. The number of thiocarbonyl (C=S) groups is 1. The highest BCUT2D eigenvalue weighted by atomic mass is 32.2. The van der Waals surface area contributed by atoms with Crippen LogP contribution in [0.2, 0.25) is 0 Å². The van der Waals surface area contributed by atoms with Crippen LogP contribution in [0.15, 0.2) is 76.9 Å². The summed E-state index contributed by atoms with van der Waals surface area (Å²) in [5.41, 5.74) is 5.30. The number of benzene rings is 2. The lowest BCUT2D eigenvalue weighted by molar-refractivity contribution is -0.137. The van der Waals surface area contributed by atoms with Crippen molar-refractivity contribution >= 4 is 96.5 Å². The minimum atomic E-state index is -1.15. The Kier molecular flexibility index (Phi) is 7.80. The average molecular weight is 714 g/mol. The number of thiophene rings is 2. The van der Waals surface area contributed by atoms with Crippen molar-refractivity contribution in [3.05, 3.63) is 103 Å². The molecule has 12 heteroatoms. The van der Waals surface area contributed by atoms with E-state index in [0.717, 1.165) is 47.9 Å². The van der Waals surface area contributed by atoms with Crippen molar-refractivity contribution in [2.45, 2.75) is 37.8 Å². The number of carboxylic acid groups (broad SMARTS) is 1. The minimum absolute atomic E-state index is 0.284. The van der Waals surface area contributed by atoms with Crippen LogP contribution in [0.4, 0.5) is 11.4 Å². The van der Waals surface area contributed by atoms with Crippen LogP contribution in [0, 0.1) is 0 Å². The number of nitrogens with zero attached hydrogens (tertiary/aromatic N) is 3. The van der Waals surface area contributed by atoms with E-state index in [4.69, 9.17) is 12.2 Å². The Morgan fingerprint density at radius 1 is 1.00 bits per heavy atom. The number of anilines is 2. The highest BCUT2D eigenvalue weighted by Crippen LogP contribution is 2.52. The summed E-state index contributed by atoms with van der Waals surface area (Å²) < 4.78 is 2.25. The fraction of sp³-hybridized carbons (Fsp3) is 0.200. The van der Waals surface area contributed by atoms with Gasteiger partial charge in [0.2, 0.25) is 0 Å². The van der Waals surface area contributed by atoms with E-state index in [1.54, 1.807) is 18.4 Å². The van der Waals surface area contributed by atoms with Gasteiger partial charge in [0, 0.05) is 45.0 Å². The number of aliphatic carboxylic acids is 1. The number of carbonyl (C=O) groups is 2. The zero-order valence-corrected chi connectivity index (χ0v) is 29.1. The van der Waals surface area contributed by atoms with Crippen molar-refractivity contribution in [2.24, 2.45) is 0 Å². The van der Waals surface area contributed by atoms with Crippen molar-refractivity contribution in [3.63, 3.8) is 0 Å². The van der Waals surface area contributed by atoms with Gasteiger partial charge in [-0.15, -0.1) is 34.0 Å². The molecule has 5 aromatic rings. The SMILES string of the molecule is CN1C(=O)/C(=c2/s/c(=C/c3ccc4c(c3)C3CCCC3N4c3ccc(-c4ccc(-c5cccs5)s4)cc3)c(=O)n2CC(=O)O)SC1=S. The molecular formula is C35H27N3O4S5. The summed E-state index contributed by atoms with van der Waals surface area (Å²) in [5, 5.41) is 11.7. The molecule has 0 spiro atoms. The van der Waals surface area contributed by atoms with Crippen LogP contribution >= 0.6 is 58.0 Å². The summed E-state index contributed by atoms with van der Waals surface area (Å²) >= 11 is 11.1. The van der Waals surface area contributed by atoms with Gasteiger partial charge in [0.25, 0.3) is 11.5 Å². The molecule has 3 aromatic heterocycles. The van der Waals surface area contributed by atoms with E-state index < -0.39 is 18.1 Å². The van der Waals surface area contributed by atoms with Crippen LogP contribution < -0.4 is 19.7 Å². The van der Waals surface area contributed by atoms with Crippen molar-refractivity contribution in [2.75, 3.05) is 11.9 Å². The monoisotopic (exact) mass is 713 g/mol. The topological polar surface area (TPSA) is 82.9 Å². The lowest BCUT2D eigenvalue weighted by Gasteiger charge is -2.27. The lowest BCUT2D eigenvalue weighted by atomic mass is 9.96. The third-order valence-corrected chi connectivity index (χ3v) is 14.0. The molecular weight excluding hydrogens is 687 g/mol. The van der Waals surface area contributed by atoms with Crippen molar-refractivity contribution in [3.8, 4) is 20.2 Å². The number of thioether (sulfide) groups is 1. The number of aromatic nitrogens is 1. The summed E-state index contributed by atoms with van der Waals surface area (Å²) in [4.78, 5) is 46.0. The van der Waals surface area contributed by atoms with Gasteiger partial charge < -0.3 is 10.0 Å². The molecule has 0 bridgehead atoms. The summed E-state index contributed by atoms with van der Waals surface area (Å²) in [6, 6.07) is 24.3. The standard InChI is InChI=1S/C35H27N3O4S5/c1-36-33(42)31(47-35(36)43)34-37(18-30(39)40)32(41)29(46-34)17-19-7-12-25-23(16-19)22-4-2-5-24(22)38(25)21-10-8-20(9-11-21)26-13-14-28(45-26)27-6-3-15-44-27/h3,6-17,22,24H,2,4-5,18H2,1H3,(H,39,40)/b29-17+,34-31-. The molecule has 2 aromatic carbocycles. The van der Waals surface area contributed by atoms with Crippen molar-refractivity contribution in [1.29, 1.82) is 0 Å². The van der Waals surface area contributed by atoms with Gasteiger partial charge >= 0.3 is 5.97 Å². The molecule has 1 saturated carbocycles. The maximum atomic E-state index is 13.5. The lowest BCUT2D eigenvalue weighted by Crippen LogP contribution is -2.35. The van der Waals surface area contributed by atoms with Gasteiger partial charge in [0.15, 0.2) is 0 Å². The second kappa shape index (κ2) is 12.0. The van der Waals surface area contributed by atoms with E-state index in [9.17, 15) is 19.5 Å². The normalized spacial score (nSPS) is 20.4. The Bertz CT molecular complexity index is 2270. The van der Waals surface area contributed by atoms with Gasteiger partial charge in [-0.2, -0.15) is 0 Å². The van der Waals surface area contributed by atoms with E-state index >= 15 is 0 Å². The van der Waals surface area contributed by atoms with Crippen molar-refractivity contribution in [1.82, 2.24) is 9.47 Å². The molecule has 2 fully saturated rings. The zero-order chi connectivity index (χ0) is 32.4. The first-order valence-corrected chi connectivity index (χ1v) is 18.9. The molecule has 1 N–H and O–H groups in total. The number of carbonyl (C=O) groups excluding carboxylic acids is 1. The number of hydrogen-bond donors (Lipinski definition) is 1. The first kappa shape index (κ1) is 30.5. The van der Waals surface area contributed by atoms with Crippen LogP contribution in [0.5, 0.6) is 0 Å². The fourth-order valence-corrected chi connectivity index (χ4v) is 11.1. The minimum Gasteiger partial charge on any atom is -0.480 e. The highest BCUT2D eigenvalue weighted by Gasteiger charge is 2.42. The number of thiazole rings is 1. The molecule has 1 saturated heterocycles. The van der Waals surface area contributed by atoms with Crippen LogP contribution in [-0.2, 0) is 16.1 Å². The van der Waals surface area contributed by atoms with E-state index in [-0.39, 0.29) is 10.8 Å². The van der Waals surface area contributed by atoms with Gasteiger partial charge in [0.05, 0.1) is 4.53 Å². The smallest absolute Gasteiger partial charge is 0.323 e. The Morgan fingerprint density at radius 2 is 1.81 bits per heavy atom. The van der Waals surface area contributed by atoms with E-state index in [2.05, 4.69) is 70.9 Å². The van der Waals surface area contributed by atoms with Gasteiger partial charge in [0.1, 0.15) is 20.4 Å². The number of hydrogen-bond acceptors (Lipinski definition) is 9. The maximum absolute atomic E-state index is 13.5. The van der Waals surface area contributed by atoms with Crippen LogP contribution in [0.25, 0.3) is 31.2 Å². The molecule has 5 heterocycles. The highest BCUT2D eigenvalue weighted by molar-refractivity contribution is 8.30. The Balaban J connectivity index is 1.15. The molecule has 2 aliphatic heterocycles. The Hall–Kier alpha value is -3.81. The maximum Gasteiger partial charge on any atom is 0.323 e. The number of rotatable bonds is 6. The number of fused-ring (bicyclic) bond motifs is 3. The van der Waals surface area contributed by atoms with Gasteiger partial charge in [-0.05, 0) is 83.5 Å². The third-order valence-electron chi connectivity index (χ3n) is 8.98. The number of carboxylic acids is 1. The molecule has 2 atom stereocenters. The average Bonchev–Trinajstić information content (AvgIpc) is 3.91. The van der Waals surface area contributed by atoms with Crippen LogP contribution in [0.3, 0.4) is 0 Å². The summed E-state index contributed by atoms with van der Waals surface area (Å²) in [7, 11) is 1.58. The van der Waals surface area contributed by atoms with Crippen LogP contribution in [0.1, 0.15) is 36.3 Å². The third kappa shape index (κ3) is 5.32. The van der Waals surface area contributed by atoms with Gasteiger partial charge in [-0.1, -0.05) is 54.7 Å². The van der Waals surface area contributed by atoms with Gasteiger partial charge in [-0.3, -0.25) is 23.9 Å². The first-order chi connectivity index (χ1) is 22.8. The first-order valence-electron chi connectivity index (χ1n) is 15.1. The van der Waals surface area contributed by atoms with Gasteiger partial charge in [-0.25, -0.2) is 0 Å². The van der Waals surface area contributed by atoms with Crippen LogP contribution in [-0.4, -0.2) is 43.9 Å².